The number of para-hydroxylation sites is 1. The lowest BCUT2D eigenvalue weighted by atomic mass is 10.1. The van der Waals surface area contributed by atoms with Crippen molar-refractivity contribution in [2.24, 2.45) is 0 Å². The van der Waals surface area contributed by atoms with Crippen LogP contribution in [0.3, 0.4) is 0 Å². The number of nitrogens with zero attached hydrogens (tertiary/aromatic N) is 3. The van der Waals surface area contributed by atoms with E-state index in [2.05, 4.69) is 58.0 Å². The zero-order valence-corrected chi connectivity index (χ0v) is 14.0. The number of hydrogen-bond donors (Lipinski definition) is 0. The fourth-order valence-corrected chi connectivity index (χ4v) is 3.27. The average molecular weight is 326 g/mol. The SMILES string of the molecule is CN1CCc2c(c3ccccc3n2C=Cc2ccccn2)C1.Cl. The van der Waals surface area contributed by atoms with Gasteiger partial charge < -0.3 is 9.47 Å². The Labute approximate surface area is 142 Å². The molecule has 0 radical (unpaired) electrons. The van der Waals surface area contributed by atoms with Gasteiger partial charge in [-0.15, -0.1) is 12.4 Å². The molecule has 3 nitrogen and oxygen atoms in total. The highest BCUT2D eigenvalue weighted by Gasteiger charge is 2.20. The van der Waals surface area contributed by atoms with E-state index in [4.69, 9.17) is 0 Å². The molecule has 0 spiro atoms. The van der Waals surface area contributed by atoms with Gasteiger partial charge in [0.1, 0.15) is 0 Å². The van der Waals surface area contributed by atoms with Gasteiger partial charge in [0.15, 0.2) is 0 Å². The fraction of sp³-hybridized carbons (Fsp3) is 0.211. The van der Waals surface area contributed by atoms with Crippen LogP contribution >= 0.6 is 12.4 Å². The Balaban J connectivity index is 0.00000156. The van der Waals surface area contributed by atoms with Crippen molar-refractivity contribution in [3.05, 3.63) is 65.6 Å². The average Bonchev–Trinajstić information content (AvgIpc) is 2.87. The van der Waals surface area contributed by atoms with Crippen LogP contribution in [0.2, 0.25) is 0 Å². The number of hydrogen-bond acceptors (Lipinski definition) is 2. The van der Waals surface area contributed by atoms with Gasteiger partial charge in [-0.3, -0.25) is 4.98 Å². The highest BCUT2D eigenvalue weighted by atomic mass is 35.5. The molecule has 0 atom stereocenters. The quantitative estimate of drug-likeness (QED) is 0.708. The van der Waals surface area contributed by atoms with Gasteiger partial charge in [-0.2, -0.15) is 0 Å². The summed E-state index contributed by atoms with van der Waals surface area (Å²) in [5.41, 5.74) is 5.18. The maximum absolute atomic E-state index is 4.37. The largest absolute Gasteiger partial charge is 0.320 e. The van der Waals surface area contributed by atoms with Crippen molar-refractivity contribution in [1.82, 2.24) is 14.5 Å². The Morgan fingerprint density at radius 2 is 1.91 bits per heavy atom. The monoisotopic (exact) mass is 325 g/mol. The second-order valence-electron chi connectivity index (χ2n) is 5.87. The summed E-state index contributed by atoms with van der Waals surface area (Å²) in [5.74, 6) is 0. The molecule has 4 rings (SSSR count). The highest BCUT2D eigenvalue weighted by Crippen LogP contribution is 2.30. The second kappa shape index (κ2) is 6.57. The molecule has 1 aliphatic rings. The Kier molecular flexibility index (Phi) is 4.51. The summed E-state index contributed by atoms with van der Waals surface area (Å²) in [6.07, 6.45) is 7.17. The van der Waals surface area contributed by atoms with Crippen LogP contribution in [-0.2, 0) is 13.0 Å². The van der Waals surface area contributed by atoms with Gasteiger partial charge in [-0.05, 0) is 36.9 Å². The van der Waals surface area contributed by atoms with Crippen molar-refractivity contribution in [2.75, 3.05) is 13.6 Å². The van der Waals surface area contributed by atoms with Crippen LogP contribution in [0.25, 0.3) is 23.2 Å². The van der Waals surface area contributed by atoms with Crippen LogP contribution in [-0.4, -0.2) is 28.0 Å². The van der Waals surface area contributed by atoms with Gasteiger partial charge in [0, 0.05) is 43.0 Å². The number of aromatic nitrogens is 2. The van der Waals surface area contributed by atoms with Crippen LogP contribution in [0.5, 0.6) is 0 Å². The number of benzene rings is 1. The predicted molar refractivity (Wildman–Crippen MR) is 98.7 cm³/mol. The number of rotatable bonds is 2. The van der Waals surface area contributed by atoms with Gasteiger partial charge in [0.05, 0.1) is 11.2 Å². The van der Waals surface area contributed by atoms with Crippen molar-refractivity contribution in [3.63, 3.8) is 0 Å². The van der Waals surface area contributed by atoms with Gasteiger partial charge in [0.25, 0.3) is 0 Å². The molecule has 0 saturated heterocycles. The third-order valence-electron chi connectivity index (χ3n) is 4.37. The van der Waals surface area contributed by atoms with Crippen LogP contribution in [0, 0.1) is 0 Å². The topological polar surface area (TPSA) is 21.1 Å². The van der Waals surface area contributed by atoms with Crippen LogP contribution in [0.15, 0.2) is 48.7 Å². The predicted octanol–water partition coefficient (Wildman–Crippen LogP) is 4.07. The molecule has 0 saturated carbocycles. The molecule has 0 aliphatic carbocycles. The normalized spacial score (nSPS) is 14.8. The third kappa shape index (κ3) is 2.90. The molecule has 1 aliphatic heterocycles. The number of halogens is 1. The summed E-state index contributed by atoms with van der Waals surface area (Å²) in [6.45, 7) is 2.14. The van der Waals surface area contributed by atoms with Crippen molar-refractivity contribution >= 4 is 35.6 Å². The van der Waals surface area contributed by atoms with E-state index in [1.165, 1.54) is 22.2 Å². The summed E-state index contributed by atoms with van der Waals surface area (Å²) < 4.78 is 2.34. The summed E-state index contributed by atoms with van der Waals surface area (Å²) in [6, 6.07) is 14.7. The Bertz CT molecular complexity index is 836. The molecule has 0 amide bonds. The highest BCUT2D eigenvalue weighted by molar-refractivity contribution is 5.88. The zero-order valence-electron chi connectivity index (χ0n) is 13.1. The molecular weight excluding hydrogens is 306 g/mol. The molecule has 23 heavy (non-hydrogen) atoms. The lowest BCUT2D eigenvalue weighted by molar-refractivity contribution is 0.312. The van der Waals surface area contributed by atoms with Crippen LogP contribution < -0.4 is 0 Å². The van der Waals surface area contributed by atoms with Gasteiger partial charge >= 0.3 is 0 Å². The maximum Gasteiger partial charge on any atom is 0.0644 e. The minimum atomic E-state index is 0. The number of likely N-dealkylation sites (N-methyl/N-ethyl adjacent to an activating group) is 1. The third-order valence-corrected chi connectivity index (χ3v) is 4.37. The first-order valence-corrected chi connectivity index (χ1v) is 7.71. The molecule has 118 valence electrons. The molecule has 2 aromatic heterocycles. The first-order chi connectivity index (χ1) is 10.8. The molecule has 0 N–H and O–H groups in total. The molecular formula is C19H20ClN3. The van der Waals surface area contributed by atoms with Crippen molar-refractivity contribution < 1.29 is 0 Å². The summed E-state index contributed by atoms with van der Waals surface area (Å²) in [5, 5.41) is 1.37. The molecule has 0 bridgehead atoms. The molecule has 3 heterocycles. The first kappa shape index (κ1) is 15.8. The van der Waals surface area contributed by atoms with Crippen molar-refractivity contribution in [3.8, 4) is 0 Å². The van der Waals surface area contributed by atoms with Gasteiger partial charge in [-0.25, -0.2) is 0 Å². The second-order valence-corrected chi connectivity index (χ2v) is 5.87. The lowest BCUT2D eigenvalue weighted by Gasteiger charge is -2.23. The maximum atomic E-state index is 4.37. The minimum absolute atomic E-state index is 0. The molecule has 0 fully saturated rings. The fourth-order valence-electron chi connectivity index (χ4n) is 3.27. The molecule has 1 aromatic carbocycles. The van der Waals surface area contributed by atoms with Crippen LogP contribution in [0.4, 0.5) is 0 Å². The molecule has 0 unspecified atom stereocenters. The zero-order chi connectivity index (χ0) is 14.9. The van der Waals surface area contributed by atoms with E-state index in [-0.39, 0.29) is 12.4 Å². The van der Waals surface area contributed by atoms with Gasteiger partial charge in [-0.1, -0.05) is 24.3 Å². The number of pyridine rings is 1. The van der Waals surface area contributed by atoms with E-state index in [0.717, 1.165) is 25.2 Å². The van der Waals surface area contributed by atoms with E-state index in [1.807, 2.05) is 24.4 Å². The Morgan fingerprint density at radius 1 is 1.09 bits per heavy atom. The van der Waals surface area contributed by atoms with Crippen molar-refractivity contribution in [2.45, 2.75) is 13.0 Å². The summed E-state index contributed by atoms with van der Waals surface area (Å²) >= 11 is 0. The van der Waals surface area contributed by atoms with E-state index >= 15 is 0 Å². The summed E-state index contributed by atoms with van der Waals surface area (Å²) in [7, 11) is 2.19. The summed E-state index contributed by atoms with van der Waals surface area (Å²) in [4.78, 5) is 6.76. The molecule has 3 aromatic rings. The van der Waals surface area contributed by atoms with Crippen LogP contribution in [0.1, 0.15) is 17.0 Å². The Morgan fingerprint density at radius 3 is 2.74 bits per heavy atom. The standard InChI is InChI=1S/C19H19N3.ClH/c1-21-12-10-19-17(14-21)16-7-2-3-8-18(16)22(19)13-9-15-6-4-5-11-20-15;/h2-9,11,13H,10,12,14H2,1H3;1H. The van der Waals surface area contributed by atoms with E-state index in [1.54, 1.807) is 0 Å². The number of fused-ring (bicyclic) bond motifs is 3. The first-order valence-electron chi connectivity index (χ1n) is 7.71. The Hall–Kier alpha value is -2.10. The van der Waals surface area contributed by atoms with E-state index < -0.39 is 0 Å². The molecule has 4 heteroatoms. The van der Waals surface area contributed by atoms with Crippen molar-refractivity contribution in [1.29, 1.82) is 0 Å². The smallest absolute Gasteiger partial charge is 0.0644 e. The van der Waals surface area contributed by atoms with E-state index in [0.29, 0.717) is 0 Å². The lowest BCUT2D eigenvalue weighted by Crippen LogP contribution is -2.26. The minimum Gasteiger partial charge on any atom is -0.320 e. The van der Waals surface area contributed by atoms with E-state index in [9.17, 15) is 0 Å². The van der Waals surface area contributed by atoms with Gasteiger partial charge in [0.2, 0.25) is 0 Å².